The van der Waals surface area contributed by atoms with E-state index in [2.05, 4.69) is 200 Å². The Morgan fingerprint density at radius 1 is 0.719 bits per heavy atom. The van der Waals surface area contributed by atoms with Gasteiger partial charge in [0.2, 0.25) is 0 Å². The number of rotatable bonds is 11. The molecule has 292 valence electrons. The van der Waals surface area contributed by atoms with Crippen LogP contribution in [0, 0.1) is 12.8 Å². The van der Waals surface area contributed by atoms with Gasteiger partial charge in [-0.1, -0.05) is 116 Å². The Kier molecular flexibility index (Phi) is 12.0. The van der Waals surface area contributed by atoms with Gasteiger partial charge in [0.1, 0.15) is 0 Å². The summed E-state index contributed by atoms with van der Waals surface area (Å²) in [7, 11) is 0. The molecule has 0 bridgehead atoms. The van der Waals surface area contributed by atoms with Crippen molar-refractivity contribution in [1.82, 2.24) is 0 Å². The van der Waals surface area contributed by atoms with Crippen LogP contribution in [0.5, 0.6) is 0 Å². The highest BCUT2D eigenvalue weighted by Gasteiger charge is 2.25. The zero-order valence-corrected chi connectivity index (χ0v) is 35.8. The molecule has 1 aliphatic carbocycles. The second-order valence-corrected chi connectivity index (χ2v) is 17.6. The second-order valence-electron chi connectivity index (χ2n) is 17.6. The van der Waals surface area contributed by atoms with E-state index in [1.807, 2.05) is 18.2 Å². The van der Waals surface area contributed by atoms with Gasteiger partial charge in [-0.3, -0.25) is 9.98 Å². The number of benzene rings is 5. The number of nitrogens with zero attached hydrogens (tertiary/aromatic N) is 4. The fourth-order valence-electron chi connectivity index (χ4n) is 7.43. The minimum Gasteiger partial charge on any atom is -0.335 e. The largest absolute Gasteiger partial charge is 0.335 e. The lowest BCUT2D eigenvalue weighted by molar-refractivity contribution is 0.590. The van der Waals surface area contributed by atoms with Gasteiger partial charge in [0.25, 0.3) is 0 Å². The molecular formula is C53H60N4. The molecule has 0 spiro atoms. The molecule has 0 saturated carbocycles. The normalized spacial score (nSPS) is 14.8. The summed E-state index contributed by atoms with van der Waals surface area (Å²) >= 11 is 0. The molecule has 5 aromatic rings. The molecule has 0 N–H and O–H groups in total. The van der Waals surface area contributed by atoms with Gasteiger partial charge in [0.05, 0.1) is 17.1 Å². The van der Waals surface area contributed by atoms with Crippen molar-refractivity contribution < 1.29 is 0 Å². The molecule has 6 rings (SSSR count). The summed E-state index contributed by atoms with van der Waals surface area (Å²) in [4.78, 5) is 14.3. The molecule has 0 fully saturated rings. The third kappa shape index (κ3) is 9.29. The first-order valence-electron chi connectivity index (χ1n) is 20.2. The monoisotopic (exact) mass is 752 g/mol. The summed E-state index contributed by atoms with van der Waals surface area (Å²) < 4.78 is 0. The number of aryl methyl sites for hydroxylation is 1. The molecule has 4 heteroatoms. The molecule has 0 saturated heterocycles. The van der Waals surface area contributed by atoms with Crippen molar-refractivity contribution >= 4 is 46.6 Å². The summed E-state index contributed by atoms with van der Waals surface area (Å²) in [6, 6.07) is 41.3. The number of hydrogen-bond donors (Lipinski definition) is 0. The molecule has 0 heterocycles. The Labute approximate surface area is 342 Å². The average molecular weight is 753 g/mol. The third-order valence-electron chi connectivity index (χ3n) is 11.3. The van der Waals surface area contributed by atoms with Crippen LogP contribution in [-0.2, 0) is 17.4 Å². The molecule has 0 amide bonds. The maximum Gasteiger partial charge on any atom is 0.0859 e. The standard InChI is InChI=1S/C53H60N4/c1-36-19-17-23-50(38(36)3)57(47-30-26-45(27-31-47)53(9,10)11)40(5)43-33-41(32-42(34-43)39(4)55-48-20-14-13-18-37(48)2)35-56(51-22-16-15-21-49(51)54-12)46-28-24-44(25-29-46)52(6,7)8/h13-18,20-34,36H,5,12,19,35H2,1-4,6-11H3. The van der Waals surface area contributed by atoms with Gasteiger partial charge in [-0.2, -0.15) is 0 Å². The van der Waals surface area contributed by atoms with Crippen molar-refractivity contribution in [3.63, 3.8) is 0 Å². The van der Waals surface area contributed by atoms with Crippen LogP contribution < -0.4 is 9.80 Å². The summed E-state index contributed by atoms with van der Waals surface area (Å²) in [5, 5.41) is 0. The molecule has 0 aliphatic heterocycles. The molecule has 4 nitrogen and oxygen atoms in total. The SMILES string of the molecule is C=Nc1ccccc1N(Cc1cc(C(=C)N(C2=C(C)C(C)CC=C2)c2ccc(C(C)(C)C)cc2)cc(C(C)=Nc2ccccc2C)c1)c1ccc(C(C)(C)C)cc1. The van der Waals surface area contributed by atoms with Gasteiger partial charge in [0.15, 0.2) is 0 Å². The highest BCUT2D eigenvalue weighted by molar-refractivity contribution is 6.01. The van der Waals surface area contributed by atoms with E-state index >= 15 is 0 Å². The van der Waals surface area contributed by atoms with E-state index in [1.165, 1.54) is 22.4 Å². The van der Waals surface area contributed by atoms with Crippen LogP contribution in [0.3, 0.4) is 0 Å². The minimum absolute atomic E-state index is 0.0412. The van der Waals surface area contributed by atoms with Crippen LogP contribution in [0.25, 0.3) is 5.70 Å². The predicted molar refractivity (Wildman–Crippen MR) is 248 cm³/mol. The first kappa shape index (κ1) is 40.9. The Hall–Kier alpha value is -5.74. The minimum atomic E-state index is 0.0412. The number of para-hydroxylation sites is 3. The summed E-state index contributed by atoms with van der Waals surface area (Å²) in [6.45, 7) is 31.8. The van der Waals surface area contributed by atoms with E-state index < -0.39 is 0 Å². The molecular weight excluding hydrogens is 693 g/mol. The topological polar surface area (TPSA) is 31.2 Å². The molecule has 1 atom stereocenters. The molecule has 0 aromatic heterocycles. The van der Waals surface area contributed by atoms with Crippen LogP contribution in [0.15, 0.2) is 155 Å². The zero-order valence-electron chi connectivity index (χ0n) is 35.8. The van der Waals surface area contributed by atoms with Crippen molar-refractivity contribution in [1.29, 1.82) is 0 Å². The number of allylic oxidation sites excluding steroid dienone is 3. The lowest BCUT2D eigenvalue weighted by atomic mass is 9.87. The van der Waals surface area contributed by atoms with Crippen LogP contribution in [0.4, 0.5) is 28.4 Å². The van der Waals surface area contributed by atoms with E-state index in [1.54, 1.807) is 0 Å². The highest BCUT2D eigenvalue weighted by Crippen LogP contribution is 2.40. The molecule has 57 heavy (non-hydrogen) atoms. The van der Waals surface area contributed by atoms with Crippen LogP contribution >= 0.6 is 0 Å². The molecule has 5 aromatic carbocycles. The smallest absolute Gasteiger partial charge is 0.0859 e. The molecule has 0 radical (unpaired) electrons. The van der Waals surface area contributed by atoms with Crippen molar-refractivity contribution in [3.8, 4) is 0 Å². The maximum absolute atomic E-state index is 5.19. The zero-order chi connectivity index (χ0) is 41.1. The first-order valence-corrected chi connectivity index (χ1v) is 20.2. The Morgan fingerprint density at radius 3 is 1.88 bits per heavy atom. The van der Waals surface area contributed by atoms with Gasteiger partial charge in [-0.25, -0.2) is 0 Å². The van der Waals surface area contributed by atoms with E-state index in [0.29, 0.717) is 12.5 Å². The van der Waals surface area contributed by atoms with Crippen molar-refractivity contribution in [2.75, 3.05) is 9.80 Å². The van der Waals surface area contributed by atoms with Crippen LogP contribution in [0.2, 0.25) is 0 Å². The molecule has 1 unspecified atom stereocenters. The summed E-state index contributed by atoms with van der Waals surface area (Å²) in [5.74, 6) is 0.427. The highest BCUT2D eigenvalue weighted by atomic mass is 15.2. The Balaban J connectivity index is 1.54. The first-order chi connectivity index (χ1) is 27.0. The van der Waals surface area contributed by atoms with Gasteiger partial charge >= 0.3 is 0 Å². The van der Waals surface area contributed by atoms with Crippen molar-refractivity contribution in [3.05, 3.63) is 179 Å². The van der Waals surface area contributed by atoms with E-state index in [9.17, 15) is 0 Å². The van der Waals surface area contributed by atoms with Gasteiger partial charge in [-0.15, -0.1) is 0 Å². The lowest BCUT2D eigenvalue weighted by Crippen LogP contribution is -2.24. The van der Waals surface area contributed by atoms with Gasteiger partial charge in [0, 0.05) is 35.0 Å². The van der Waals surface area contributed by atoms with Crippen LogP contribution in [0.1, 0.15) is 102 Å². The maximum atomic E-state index is 5.19. The predicted octanol–water partition coefficient (Wildman–Crippen LogP) is 14.7. The van der Waals surface area contributed by atoms with Crippen molar-refractivity contribution in [2.24, 2.45) is 15.9 Å². The van der Waals surface area contributed by atoms with Crippen molar-refractivity contribution in [2.45, 2.75) is 93.0 Å². The van der Waals surface area contributed by atoms with Gasteiger partial charge in [-0.05, 0) is 156 Å². The fraction of sp³-hybridized carbons (Fsp3) is 0.283. The van der Waals surface area contributed by atoms with E-state index in [4.69, 9.17) is 11.6 Å². The van der Waals surface area contributed by atoms with E-state index in [-0.39, 0.29) is 10.8 Å². The Bertz CT molecular complexity index is 2340. The van der Waals surface area contributed by atoms with Gasteiger partial charge < -0.3 is 9.80 Å². The van der Waals surface area contributed by atoms with E-state index in [0.717, 1.165) is 68.5 Å². The quantitative estimate of drug-likeness (QED) is 0.126. The number of anilines is 3. The number of hydrogen-bond acceptors (Lipinski definition) is 4. The molecule has 1 aliphatic rings. The Morgan fingerprint density at radius 2 is 1.28 bits per heavy atom. The second kappa shape index (κ2) is 16.8. The number of aliphatic imine (C=N–C) groups is 2. The average Bonchev–Trinajstić information content (AvgIpc) is 3.19. The third-order valence-corrected chi connectivity index (χ3v) is 11.3. The summed E-state index contributed by atoms with van der Waals surface area (Å²) in [6.07, 6.45) is 5.60. The van der Waals surface area contributed by atoms with Crippen LogP contribution in [-0.4, -0.2) is 12.4 Å². The summed E-state index contributed by atoms with van der Waals surface area (Å²) in [5.41, 5.74) is 16.4. The fourth-order valence-corrected chi connectivity index (χ4v) is 7.43. The lowest BCUT2D eigenvalue weighted by Gasteiger charge is -2.34.